The number of carboxylic acids is 1. The molecule has 5 aliphatic heterocycles. The molecular formula is C51H81O32+. The lowest BCUT2D eigenvalue weighted by Gasteiger charge is -2.50. The third kappa shape index (κ3) is 15.5. The van der Waals surface area contributed by atoms with Crippen molar-refractivity contribution < 1.29 is 158 Å². The minimum Gasteiger partial charge on any atom is -0.481 e. The van der Waals surface area contributed by atoms with Crippen LogP contribution in [0.2, 0.25) is 0 Å². The summed E-state index contributed by atoms with van der Waals surface area (Å²) in [7, 11) is 0. The van der Waals surface area contributed by atoms with Crippen molar-refractivity contribution in [3.8, 4) is 0 Å². The second-order valence-corrected chi connectivity index (χ2v) is 22.9. The van der Waals surface area contributed by atoms with E-state index in [1.165, 1.54) is 0 Å². The molecule has 5 heterocycles. The predicted molar refractivity (Wildman–Crippen MR) is 264 cm³/mol. The largest absolute Gasteiger partial charge is 0.481 e. The van der Waals surface area contributed by atoms with Crippen molar-refractivity contribution in [2.24, 2.45) is 17.8 Å². The van der Waals surface area contributed by atoms with Crippen LogP contribution in [-0.4, -0.2) is 319 Å². The lowest BCUT2D eigenvalue weighted by atomic mass is 9.72. The third-order valence-corrected chi connectivity index (χ3v) is 17.2. The van der Waals surface area contributed by atoms with Crippen molar-refractivity contribution in [1.29, 1.82) is 0 Å². The molecule has 0 bridgehead atoms. The maximum atomic E-state index is 13.0. The van der Waals surface area contributed by atoms with Crippen LogP contribution in [0.3, 0.4) is 0 Å². The zero-order chi connectivity index (χ0) is 60.3. The van der Waals surface area contributed by atoms with Gasteiger partial charge in [0.2, 0.25) is 0 Å². The highest BCUT2D eigenvalue weighted by Gasteiger charge is 2.58. The zero-order valence-electron chi connectivity index (χ0n) is 44.8. The standard InChI is InChI=1S/C51H80O32/c52-13-27-35(61)39(65)43(69)48(80-27)75-20-4-1-17(2-5-20)3-6-32(58)73-15-29-37(63)41(67)45(71)50(82-29)78-25-8-18(7-24(34(25)60)77-49-44(70)40(66)36(62)28(14-53)81-49)47-26(11-21-22(55)9-19(54)10-23(21)76-47)79-51-46(72)42(68)38(64)30(83-51)16-74-33(59)12-31(56)57/h3,6,17-30,34-55,60-72H,1-2,4-5,7-16H2,(H,56,57)/p+1/t17?,18?,19?,20?,21?,22?,23?,24?,25?,26?,27-,28-,29-,30-,34?,35-,36-,37-,38-,39+,40+,41+,42+,43-,44-,45-,46-,47?,48-,49-,50-,51-/m1/s1. The van der Waals surface area contributed by atoms with E-state index in [0.29, 0.717) is 25.7 Å². The van der Waals surface area contributed by atoms with Crippen molar-refractivity contribution in [3.63, 3.8) is 0 Å². The fourth-order valence-corrected chi connectivity index (χ4v) is 12.4. The van der Waals surface area contributed by atoms with Gasteiger partial charge in [-0.2, -0.15) is 0 Å². The molecule has 476 valence electrons. The number of esters is 2. The van der Waals surface area contributed by atoms with Gasteiger partial charge >= 0.3 is 17.9 Å². The summed E-state index contributed by atoms with van der Waals surface area (Å²) in [6.07, 6.45) is -42.6. The maximum Gasteiger partial charge on any atom is 0.330 e. The summed E-state index contributed by atoms with van der Waals surface area (Å²) >= 11 is 0. The van der Waals surface area contributed by atoms with Crippen LogP contribution in [0.1, 0.15) is 64.2 Å². The monoisotopic (exact) mass is 1210 g/mol. The van der Waals surface area contributed by atoms with Crippen molar-refractivity contribution in [3.05, 3.63) is 12.2 Å². The van der Waals surface area contributed by atoms with Crippen LogP contribution in [0.5, 0.6) is 0 Å². The summed E-state index contributed by atoms with van der Waals surface area (Å²) in [5.41, 5.74) is 0. The summed E-state index contributed by atoms with van der Waals surface area (Å²) in [4.78, 5) is 36.2. The first-order valence-corrected chi connectivity index (χ1v) is 28.0. The van der Waals surface area contributed by atoms with E-state index < -0.39 is 240 Å². The van der Waals surface area contributed by atoms with E-state index in [1.807, 2.05) is 0 Å². The van der Waals surface area contributed by atoms with Gasteiger partial charge in [0, 0.05) is 24.8 Å². The molecule has 8 aliphatic rings. The predicted octanol–water partition coefficient (Wildman–Crippen LogP) is -9.38. The zero-order valence-corrected chi connectivity index (χ0v) is 44.8. The van der Waals surface area contributed by atoms with E-state index in [9.17, 15) is 101 Å². The Bertz CT molecular complexity index is 2120. The number of aliphatic hydroxyl groups excluding tert-OH is 17. The molecular weight excluding hydrogens is 1120 g/mol. The smallest absolute Gasteiger partial charge is 0.330 e. The highest BCUT2D eigenvalue weighted by Crippen LogP contribution is 2.44. The number of aliphatic carboxylic acids is 1. The highest BCUT2D eigenvalue weighted by molar-refractivity contribution is 5.90. The number of hydrogen-bond donors (Lipinski definition) is 18. The Kier molecular flexibility index (Phi) is 23.0. The van der Waals surface area contributed by atoms with E-state index >= 15 is 0 Å². The van der Waals surface area contributed by atoms with Crippen molar-refractivity contribution in [1.82, 2.24) is 0 Å². The molecule has 3 saturated carbocycles. The Balaban J connectivity index is 0.970. The van der Waals surface area contributed by atoms with Crippen LogP contribution >= 0.6 is 0 Å². The van der Waals surface area contributed by atoms with Gasteiger partial charge < -0.3 is 144 Å². The number of ether oxygens (including phenoxy) is 11. The molecule has 0 aromatic rings. The quantitative estimate of drug-likeness (QED) is 0.0247. The van der Waals surface area contributed by atoms with Crippen molar-refractivity contribution >= 4 is 17.9 Å². The highest BCUT2D eigenvalue weighted by atomic mass is 16.7. The average molecular weight is 1210 g/mol. The first-order chi connectivity index (χ1) is 39.4. The Morgan fingerprint density at radius 3 is 1.41 bits per heavy atom. The Morgan fingerprint density at radius 1 is 0.482 bits per heavy atom. The molecule has 8 rings (SSSR count). The van der Waals surface area contributed by atoms with E-state index in [2.05, 4.69) is 0 Å². The summed E-state index contributed by atoms with van der Waals surface area (Å²) < 4.78 is 62.7. The minimum absolute atomic E-state index is 0.0500. The fraction of sp³-hybridized carbons (Fsp3) is 0.902. The number of allylic oxidation sites excluding steroid dienone is 1. The summed E-state index contributed by atoms with van der Waals surface area (Å²) in [5.74, 6) is -5.41. The second kappa shape index (κ2) is 29.0. The molecule has 3 aliphatic carbocycles. The van der Waals surface area contributed by atoms with Gasteiger partial charge in [0.1, 0.15) is 130 Å². The third-order valence-electron chi connectivity index (χ3n) is 17.2. The van der Waals surface area contributed by atoms with Gasteiger partial charge in [-0.15, -0.1) is 0 Å². The van der Waals surface area contributed by atoms with Gasteiger partial charge in [0.15, 0.2) is 37.4 Å². The fourth-order valence-electron chi connectivity index (χ4n) is 12.4. The Morgan fingerprint density at radius 2 is 0.928 bits per heavy atom. The van der Waals surface area contributed by atoms with E-state index in [0.717, 1.165) is 6.08 Å². The lowest BCUT2D eigenvalue weighted by molar-refractivity contribution is -0.365. The van der Waals surface area contributed by atoms with Crippen LogP contribution in [-0.2, 0) is 61.8 Å². The number of carbonyl (C=O) groups excluding carboxylic acids is 2. The maximum absolute atomic E-state index is 13.0. The number of carbonyl (C=O) groups is 3. The van der Waals surface area contributed by atoms with Crippen LogP contribution in [0.15, 0.2) is 12.2 Å². The van der Waals surface area contributed by atoms with Gasteiger partial charge in [0.05, 0.1) is 49.7 Å². The molecule has 0 aromatic carbocycles. The topological polar surface area (TPSA) is 520 Å². The molecule has 19 N–H and O–H groups in total. The van der Waals surface area contributed by atoms with Gasteiger partial charge in [-0.3, -0.25) is 9.59 Å². The molecule has 5 saturated heterocycles. The molecule has 0 radical (unpaired) electrons. The molecule has 0 spiro atoms. The van der Waals surface area contributed by atoms with Gasteiger partial charge in [-0.1, -0.05) is 6.08 Å². The van der Waals surface area contributed by atoms with E-state index in [1.54, 1.807) is 6.08 Å². The van der Waals surface area contributed by atoms with Crippen LogP contribution in [0.4, 0.5) is 0 Å². The molecule has 0 aromatic heterocycles. The summed E-state index contributed by atoms with van der Waals surface area (Å²) in [5, 5.41) is 192. The molecule has 30 atom stereocenters. The summed E-state index contributed by atoms with van der Waals surface area (Å²) in [6.45, 7) is -2.98. The number of hydrogen-bond acceptors (Lipinski definition) is 30. The van der Waals surface area contributed by atoms with E-state index in [4.69, 9.17) is 57.2 Å². The lowest BCUT2D eigenvalue weighted by Crippen LogP contribution is -2.65. The molecule has 83 heavy (non-hydrogen) atoms. The van der Waals surface area contributed by atoms with Crippen LogP contribution in [0.25, 0.3) is 0 Å². The Labute approximate surface area is 473 Å². The SMILES string of the molecule is O=C(O)CC(=O)OC[C@H]1O[C@@H](OC2CC3C(O)CC(O)CC3[OH+]C2C2CC(O[C@@H]3O[C@H](CO)[C@@H](O)[C@H](O)[C@H]3O)C(O)C(O[C@@H]3O[C@H](COC(=O)C=CC4CCC(O[C@@H]5O[C@H](CO)[C@@H](O)[C@H](O)[C@H]5O)CC4)[C@@H](O)[C@H](O)[C@H]3O)C2)[C@H](O)[C@@H](O)[C@@H]1O. The molecule has 32 heteroatoms. The molecule has 8 fully saturated rings. The summed E-state index contributed by atoms with van der Waals surface area (Å²) in [6, 6.07) is 0. The normalized spacial score (nSPS) is 48.9. The van der Waals surface area contributed by atoms with Crippen molar-refractivity contribution in [2.45, 2.75) is 242 Å². The molecule has 0 amide bonds. The second-order valence-electron chi connectivity index (χ2n) is 22.9. The molecule has 32 nitrogen and oxygen atoms in total. The average Bonchev–Trinajstić information content (AvgIpc) is 3.64. The number of carboxylic acid groups (broad SMARTS) is 1. The molecule has 10 unspecified atom stereocenters. The van der Waals surface area contributed by atoms with Gasteiger partial charge in [-0.25, -0.2) is 4.79 Å². The first kappa shape index (κ1) is 66.1. The van der Waals surface area contributed by atoms with Gasteiger partial charge in [-0.05, 0) is 50.9 Å². The number of aliphatic hydroxyl groups is 19. The van der Waals surface area contributed by atoms with Crippen LogP contribution < -0.4 is 0 Å². The Hall–Kier alpha value is -2.89. The van der Waals surface area contributed by atoms with E-state index in [-0.39, 0.29) is 38.0 Å². The first-order valence-electron chi connectivity index (χ1n) is 28.0. The minimum atomic E-state index is -2.04. The van der Waals surface area contributed by atoms with Crippen molar-refractivity contribution in [2.75, 3.05) is 26.4 Å². The number of fused-ring (bicyclic) bond motifs is 1. The number of rotatable bonds is 19. The van der Waals surface area contributed by atoms with Crippen LogP contribution in [0, 0.1) is 17.8 Å². The van der Waals surface area contributed by atoms with Gasteiger partial charge in [0.25, 0.3) is 0 Å².